The summed E-state index contributed by atoms with van der Waals surface area (Å²) in [7, 11) is 0. The van der Waals surface area contributed by atoms with Crippen LogP contribution in [0, 0.1) is 0 Å². The summed E-state index contributed by atoms with van der Waals surface area (Å²) in [5, 5.41) is 13.4. The number of carbonyl (C=O) groups excluding carboxylic acids is 1. The van der Waals surface area contributed by atoms with Crippen molar-refractivity contribution in [1.82, 2.24) is 10.2 Å². The lowest BCUT2D eigenvalue weighted by Crippen LogP contribution is -2.07. The number of hydrogen-bond donors (Lipinski definition) is 1. The molecule has 2 heterocycles. The zero-order valence-corrected chi connectivity index (χ0v) is 12.5. The van der Waals surface area contributed by atoms with Gasteiger partial charge in [0.1, 0.15) is 16.4 Å². The average Bonchev–Trinajstić information content (AvgIpc) is 3.12. The number of fused-ring (bicyclic) bond motifs is 1. The van der Waals surface area contributed by atoms with Crippen LogP contribution in [0.3, 0.4) is 0 Å². The molecule has 0 saturated heterocycles. The number of aromatic nitrogens is 2. The predicted octanol–water partition coefficient (Wildman–Crippen LogP) is 3.81. The molecule has 1 aromatic carbocycles. The second-order valence-electron chi connectivity index (χ2n) is 5.23. The summed E-state index contributed by atoms with van der Waals surface area (Å²) in [6.07, 6.45) is 5.44. The van der Waals surface area contributed by atoms with E-state index < -0.39 is 0 Å². The monoisotopic (exact) mass is 311 g/mol. The van der Waals surface area contributed by atoms with Crippen LogP contribution in [-0.4, -0.2) is 16.1 Å². The van der Waals surface area contributed by atoms with Gasteiger partial charge < -0.3 is 4.42 Å². The summed E-state index contributed by atoms with van der Waals surface area (Å²) in [6.45, 7) is 0. The van der Waals surface area contributed by atoms with Gasteiger partial charge in [-0.3, -0.25) is 10.1 Å². The van der Waals surface area contributed by atoms with Crippen molar-refractivity contribution in [2.24, 2.45) is 0 Å². The van der Waals surface area contributed by atoms with E-state index in [1.54, 1.807) is 6.08 Å². The van der Waals surface area contributed by atoms with E-state index in [9.17, 15) is 4.79 Å². The van der Waals surface area contributed by atoms with Crippen LogP contribution >= 0.6 is 11.3 Å². The summed E-state index contributed by atoms with van der Waals surface area (Å²) in [6, 6.07) is 9.63. The quantitative estimate of drug-likeness (QED) is 0.744. The van der Waals surface area contributed by atoms with E-state index >= 15 is 0 Å². The SMILES string of the molecule is O=C(C=Cc1cc2ccccc2o1)Nc1nnc(C2CC2)s1. The van der Waals surface area contributed by atoms with E-state index in [1.807, 2.05) is 30.3 Å². The minimum absolute atomic E-state index is 0.237. The van der Waals surface area contributed by atoms with Crippen molar-refractivity contribution in [3.05, 3.63) is 47.2 Å². The third kappa shape index (κ3) is 2.78. The Bertz CT molecular complexity index is 828. The highest BCUT2D eigenvalue weighted by molar-refractivity contribution is 7.15. The minimum Gasteiger partial charge on any atom is -0.457 e. The van der Waals surface area contributed by atoms with E-state index in [4.69, 9.17) is 4.42 Å². The van der Waals surface area contributed by atoms with E-state index in [0.717, 1.165) is 16.0 Å². The first-order chi connectivity index (χ1) is 10.8. The number of rotatable bonds is 4. The first kappa shape index (κ1) is 13.2. The molecule has 1 aliphatic carbocycles. The van der Waals surface area contributed by atoms with Gasteiger partial charge in [-0.15, -0.1) is 10.2 Å². The van der Waals surface area contributed by atoms with E-state index in [-0.39, 0.29) is 5.91 Å². The lowest BCUT2D eigenvalue weighted by Gasteiger charge is -1.93. The highest BCUT2D eigenvalue weighted by Crippen LogP contribution is 2.42. The maximum Gasteiger partial charge on any atom is 0.250 e. The second kappa shape index (κ2) is 5.38. The van der Waals surface area contributed by atoms with Crippen molar-refractivity contribution in [1.29, 1.82) is 0 Å². The third-order valence-electron chi connectivity index (χ3n) is 3.44. The van der Waals surface area contributed by atoms with Gasteiger partial charge in [0.05, 0.1) is 0 Å². The maximum absolute atomic E-state index is 11.9. The molecule has 5 nitrogen and oxygen atoms in total. The zero-order chi connectivity index (χ0) is 14.9. The van der Waals surface area contributed by atoms with Crippen LogP contribution in [0.25, 0.3) is 17.0 Å². The van der Waals surface area contributed by atoms with Crippen molar-refractivity contribution >= 4 is 39.4 Å². The highest BCUT2D eigenvalue weighted by Gasteiger charge is 2.27. The first-order valence-corrected chi connectivity index (χ1v) is 7.90. The van der Waals surface area contributed by atoms with Crippen molar-refractivity contribution in [2.45, 2.75) is 18.8 Å². The van der Waals surface area contributed by atoms with Gasteiger partial charge in [0.25, 0.3) is 0 Å². The van der Waals surface area contributed by atoms with Crippen LogP contribution in [0.1, 0.15) is 29.5 Å². The van der Waals surface area contributed by atoms with Gasteiger partial charge in [-0.2, -0.15) is 0 Å². The predicted molar refractivity (Wildman–Crippen MR) is 85.8 cm³/mol. The van der Waals surface area contributed by atoms with Crippen LogP contribution in [0.2, 0.25) is 0 Å². The normalized spacial score (nSPS) is 14.7. The lowest BCUT2D eigenvalue weighted by atomic mass is 10.2. The maximum atomic E-state index is 11.9. The Balaban J connectivity index is 1.43. The fourth-order valence-corrected chi connectivity index (χ4v) is 3.09. The number of nitrogens with zero attached hydrogens (tertiary/aromatic N) is 2. The molecule has 2 aromatic heterocycles. The summed E-state index contributed by atoms with van der Waals surface area (Å²) in [4.78, 5) is 11.9. The Hall–Kier alpha value is -2.47. The van der Waals surface area contributed by atoms with Crippen LogP contribution in [0.4, 0.5) is 5.13 Å². The van der Waals surface area contributed by atoms with Crippen LogP contribution in [0.15, 0.2) is 40.8 Å². The summed E-state index contributed by atoms with van der Waals surface area (Å²) < 4.78 is 5.62. The molecule has 1 N–H and O–H groups in total. The Morgan fingerprint density at radius 2 is 2.18 bits per heavy atom. The van der Waals surface area contributed by atoms with Gasteiger partial charge in [0, 0.05) is 17.4 Å². The Morgan fingerprint density at radius 1 is 1.32 bits per heavy atom. The molecule has 0 unspecified atom stereocenters. The second-order valence-corrected chi connectivity index (χ2v) is 6.24. The molecule has 0 radical (unpaired) electrons. The number of para-hydroxylation sites is 1. The fourth-order valence-electron chi connectivity index (χ4n) is 2.17. The summed E-state index contributed by atoms with van der Waals surface area (Å²) >= 11 is 1.45. The molecule has 0 spiro atoms. The number of amides is 1. The molecule has 110 valence electrons. The number of anilines is 1. The molecular weight excluding hydrogens is 298 g/mol. The lowest BCUT2D eigenvalue weighted by molar-refractivity contribution is -0.111. The van der Waals surface area contributed by atoms with Gasteiger partial charge in [-0.05, 0) is 31.1 Å². The smallest absolute Gasteiger partial charge is 0.250 e. The minimum atomic E-state index is -0.237. The molecule has 3 aromatic rings. The topological polar surface area (TPSA) is 68.0 Å². The molecule has 0 atom stereocenters. The number of benzene rings is 1. The summed E-state index contributed by atoms with van der Waals surface area (Å²) in [5.74, 6) is 0.959. The van der Waals surface area contributed by atoms with E-state index in [0.29, 0.717) is 16.8 Å². The molecule has 0 bridgehead atoms. The number of furan rings is 1. The summed E-state index contributed by atoms with van der Waals surface area (Å²) in [5.41, 5.74) is 0.806. The van der Waals surface area contributed by atoms with Crippen molar-refractivity contribution in [3.8, 4) is 0 Å². The van der Waals surface area contributed by atoms with Gasteiger partial charge in [-0.1, -0.05) is 29.5 Å². The number of nitrogens with one attached hydrogen (secondary N) is 1. The average molecular weight is 311 g/mol. The largest absolute Gasteiger partial charge is 0.457 e. The standard InChI is InChI=1S/C16H13N3O2S/c20-14(17-16-19-18-15(22-16)10-5-6-10)8-7-12-9-11-3-1-2-4-13(11)21-12/h1-4,7-10H,5-6H2,(H,17,19,20). The van der Waals surface area contributed by atoms with Gasteiger partial charge in [0.2, 0.25) is 11.0 Å². The molecule has 0 aliphatic heterocycles. The van der Waals surface area contributed by atoms with Crippen molar-refractivity contribution < 1.29 is 9.21 Å². The molecule has 22 heavy (non-hydrogen) atoms. The first-order valence-electron chi connectivity index (χ1n) is 7.09. The molecular formula is C16H13N3O2S. The highest BCUT2D eigenvalue weighted by atomic mass is 32.1. The van der Waals surface area contributed by atoms with E-state index in [2.05, 4.69) is 15.5 Å². The molecule has 4 rings (SSSR count). The van der Waals surface area contributed by atoms with Crippen LogP contribution in [-0.2, 0) is 4.79 Å². The molecule has 1 aliphatic rings. The van der Waals surface area contributed by atoms with E-state index in [1.165, 1.54) is 30.3 Å². The molecule has 1 amide bonds. The third-order valence-corrected chi connectivity index (χ3v) is 4.44. The molecule has 1 saturated carbocycles. The Morgan fingerprint density at radius 3 is 3.00 bits per heavy atom. The van der Waals surface area contributed by atoms with Gasteiger partial charge >= 0.3 is 0 Å². The van der Waals surface area contributed by atoms with Crippen molar-refractivity contribution in [3.63, 3.8) is 0 Å². The Kier molecular flexibility index (Phi) is 3.23. The Labute approximate surface area is 130 Å². The fraction of sp³-hybridized carbons (Fsp3) is 0.188. The van der Waals surface area contributed by atoms with Crippen LogP contribution < -0.4 is 5.32 Å². The zero-order valence-electron chi connectivity index (χ0n) is 11.7. The van der Waals surface area contributed by atoms with Crippen molar-refractivity contribution in [2.75, 3.05) is 5.32 Å². The van der Waals surface area contributed by atoms with Gasteiger partial charge in [-0.25, -0.2) is 0 Å². The number of carbonyl (C=O) groups is 1. The molecule has 6 heteroatoms. The van der Waals surface area contributed by atoms with Gasteiger partial charge in [0.15, 0.2) is 0 Å². The molecule has 1 fully saturated rings. The van der Waals surface area contributed by atoms with Crippen LogP contribution in [0.5, 0.6) is 0 Å². The number of hydrogen-bond acceptors (Lipinski definition) is 5.